The Morgan fingerprint density at radius 1 is 1.15 bits per heavy atom. The highest BCUT2D eigenvalue weighted by molar-refractivity contribution is 5.98. The van der Waals surface area contributed by atoms with Gasteiger partial charge in [-0.2, -0.15) is 0 Å². The number of aryl methyl sites for hydroxylation is 1. The van der Waals surface area contributed by atoms with Crippen LogP contribution in [0, 0.1) is 13.8 Å². The zero-order chi connectivity index (χ0) is 15.0. The minimum atomic E-state index is 0.0191. The number of carbonyl (C=O) groups excluding carboxylic acids is 1. The first-order chi connectivity index (χ1) is 9.57. The molecule has 0 unspecified atom stereocenters. The molecule has 0 saturated heterocycles. The van der Waals surface area contributed by atoms with Crippen molar-refractivity contribution in [3.05, 3.63) is 23.0 Å². The number of Topliss-reactive ketones (excluding diaryl/α,β-unsaturated/α-hetero) is 1. The zero-order valence-electron chi connectivity index (χ0n) is 12.9. The second kappa shape index (κ2) is 8.89. The number of ketones is 1. The molecule has 5 heteroatoms. The maximum absolute atomic E-state index is 12.0. The van der Waals surface area contributed by atoms with Crippen LogP contribution in [0.25, 0.3) is 0 Å². The van der Waals surface area contributed by atoms with Crippen LogP contribution in [-0.2, 0) is 21.3 Å². The monoisotopic (exact) mass is 283 g/mol. The maximum Gasteiger partial charge on any atom is 0.190 e. The molecule has 0 aliphatic heterocycles. The number of ether oxygens (including phenoxy) is 3. The Morgan fingerprint density at radius 3 is 2.45 bits per heavy atom. The first-order valence-electron chi connectivity index (χ1n) is 6.88. The summed E-state index contributed by atoms with van der Waals surface area (Å²) in [6.45, 7) is 6.32. The fourth-order valence-electron chi connectivity index (χ4n) is 1.91. The molecule has 0 aromatic carbocycles. The second-order valence-corrected chi connectivity index (χ2v) is 4.78. The Bertz CT molecular complexity index is 426. The Kier molecular flexibility index (Phi) is 7.51. The maximum atomic E-state index is 12.0. The molecular weight excluding hydrogens is 258 g/mol. The van der Waals surface area contributed by atoms with E-state index in [1.54, 1.807) is 7.11 Å². The summed E-state index contributed by atoms with van der Waals surface area (Å²) in [6, 6.07) is 1.91. The van der Waals surface area contributed by atoms with Crippen molar-refractivity contribution < 1.29 is 19.0 Å². The van der Waals surface area contributed by atoms with Gasteiger partial charge in [-0.25, -0.2) is 0 Å². The van der Waals surface area contributed by atoms with Crippen LogP contribution in [0.2, 0.25) is 0 Å². The smallest absolute Gasteiger partial charge is 0.190 e. The lowest BCUT2D eigenvalue weighted by molar-refractivity contribution is 0.0382. The van der Waals surface area contributed by atoms with E-state index in [1.807, 2.05) is 31.5 Å². The van der Waals surface area contributed by atoms with Crippen LogP contribution in [0.5, 0.6) is 0 Å². The second-order valence-electron chi connectivity index (χ2n) is 4.78. The van der Waals surface area contributed by atoms with Crippen molar-refractivity contribution in [1.82, 2.24) is 4.57 Å². The molecule has 0 aliphatic rings. The summed E-state index contributed by atoms with van der Waals surface area (Å²) in [7, 11) is 3.62. The molecule has 0 amide bonds. The average molecular weight is 283 g/mol. The largest absolute Gasteiger partial charge is 0.385 e. The molecule has 0 radical (unpaired) electrons. The van der Waals surface area contributed by atoms with Crippen LogP contribution in [0.3, 0.4) is 0 Å². The van der Waals surface area contributed by atoms with Crippen LogP contribution >= 0.6 is 0 Å². The summed E-state index contributed by atoms with van der Waals surface area (Å²) in [5, 5.41) is 0. The predicted octanol–water partition coefficient (Wildman–Crippen LogP) is 1.89. The van der Waals surface area contributed by atoms with Crippen LogP contribution in [-0.4, -0.2) is 50.5 Å². The number of carbonyl (C=O) groups is 1. The van der Waals surface area contributed by atoms with Crippen molar-refractivity contribution in [1.29, 1.82) is 0 Å². The van der Waals surface area contributed by atoms with Gasteiger partial charge in [-0.05, 0) is 26.3 Å². The van der Waals surface area contributed by atoms with Gasteiger partial charge in [0.2, 0.25) is 0 Å². The average Bonchev–Trinajstić information content (AvgIpc) is 2.69. The Balaban J connectivity index is 2.19. The van der Waals surface area contributed by atoms with Gasteiger partial charge < -0.3 is 18.8 Å². The van der Waals surface area contributed by atoms with E-state index in [9.17, 15) is 4.79 Å². The summed E-state index contributed by atoms with van der Waals surface area (Å²) in [5.74, 6) is 0.0191. The first-order valence-corrected chi connectivity index (χ1v) is 6.88. The quantitative estimate of drug-likeness (QED) is 0.486. The molecule has 0 saturated carbocycles. The van der Waals surface area contributed by atoms with E-state index in [2.05, 4.69) is 0 Å². The third-order valence-electron chi connectivity index (χ3n) is 3.32. The lowest BCUT2D eigenvalue weighted by Gasteiger charge is -2.05. The molecule has 1 rings (SSSR count). The zero-order valence-corrected chi connectivity index (χ0v) is 12.9. The van der Waals surface area contributed by atoms with Crippen LogP contribution in [0.4, 0.5) is 0 Å². The number of hydrogen-bond acceptors (Lipinski definition) is 4. The molecule has 20 heavy (non-hydrogen) atoms. The van der Waals surface area contributed by atoms with Crippen molar-refractivity contribution in [2.45, 2.75) is 20.3 Å². The summed E-state index contributed by atoms with van der Waals surface area (Å²) < 4.78 is 17.6. The lowest BCUT2D eigenvalue weighted by atomic mass is 10.1. The normalized spacial score (nSPS) is 11.0. The van der Waals surface area contributed by atoms with Crippen molar-refractivity contribution in [2.24, 2.45) is 7.05 Å². The van der Waals surface area contributed by atoms with E-state index in [4.69, 9.17) is 14.2 Å². The molecule has 1 aromatic rings. The van der Waals surface area contributed by atoms with E-state index < -0.39 is 0 Å². The third kappa shape index (κ3) is 5.07. The topological polar surface area (TPSA) is 49.7 Å². The highest BCUT2D eigenvalue weighted by Gasteiger charge is 2.13. The molecule has 0 bridgehead atoms. The third-order valence-corrected chi connectivity index (χ3v) is 3.32. The van der Waals surface area contributed by atoms with Gasteiger partial charge in [0.15, 0.2) is 5.78 Å². The van der Waals surface area contributed by atoms with E-state index in [1.165, 1.54) is 0 Å². The molecule has 0 aliphatic carbocycles. The van der Waals surface area contributed by atoms with E-state index in [-0.39, 0.29) is 12.4 Å². The number of hydrogen-bond donors (Lipinski definition) is 0. The van der Waals surface area contributed by atoms with E-state index in [0.717, 1.165) is 23.4 Å². The number of aromatic nitrogens is 1. The highest BCUT2D eigenvalue weighted by Crippen LogP contribution is 2.13. The van der Waals surface area contributed by atoms with Gasteiger partial charge in [-0.1, -0.05) is 0 Å². The summed E-state index contributed by atoms with van der Waals surface area (Å²) in [6.07, 6.45) is 0.873. The van der Waals surface area contributed by atoms with Crippen LogP contribution in [0.15, 0.2) is 6.07 Å². The molecular formula is C15H25NO4. The van der Waals surface area contributed by atoms with Crippen LogP contribution in [0.1, 0.15) is 28.2 Å². The SMILES string of the molecule is COCCCOCCOCC(=O)c1cc(C)n(C)c1C. The Labute approximate surface area is 120 Å². The molecule has 0 fully saturated rings. The molecule has 1 aromatic heterocycles. The van der Waals surface area contributed by atoms with Gasteiger partial charge in [-0.15, -0.1) is 0 Å². The highest BCUT2D eigenvalue weighted by atomic mass is 16.5. The van der Waals surface area contributed by atoms with Crippen molar-refractivity contribution >= 4 is 5.78 Å². The van der Waals surface area contributed by atoms with Gasteiger partial charge >= 0.3 is 0 Å². The number of rotatable bonds is 10. The van der Waals surface area contributed by atoms with E-state index in [0.29, 0.717) is 26.4 Å². The van der Waals surface area contributed by atoms with Crippen molar-refractivity contribution in [3.63, 3.8) is 0 Å². The van der Waals surface area contributed by atoms with Gasteiger partial charge in [-0.3, -0.25) is 4.79 Å². The Hall–Kier alpha value is -1.17. The van der Waals surface area contributed by atoms with Crippen molar-refractivity contribution in [2.75, 3.05) is 40.1 Å². The first kappa shape index (κ1) is 16.9. The standard InChI is InChI=1S/C15H25NO4/c1-12-10-14(13(2)16(12)3)15(17)11-20-9-8-19-7-5-6-18-4/h10H,5-9,11H2,1-4H3. The van der Waals surface area contributed by atoms with E-state index >= 15 is 0 Å². The molecule has 0 N–H and O–H groups in total. The predicted molar refractivity (Wildman–Crippen MR) is 77.3 cm³/mol. The van der Waals surface area contributed by atoms with Gasteiger partial charge in [0.25, 0.3) is 0 Å². The van der Waals surface area contributed by atoms with Crippen LogP contribution < -0.4 is 0 Å². The van der Waals surface area contributed by atoms with Gasteiger partial charge in [0.05, 0.1) is 13.2 Å². The fourth-order valence-corrected chi connectivity index (χ4v) is 1.91. The molecule has 0 atom stereocenters. The lowest BCUT2D eigenvalue weighted by Crippen LogP contribution is -2.13. The molecule has 114 valence electrons. The molecule has 5 nitrogen and oxygen atoms in total. The summed E-state index contributed by atoms with van der Waals surface area (Å²) in [4.78, 5) is 12.0. The minimum Gasteiger partial charge on any atom is -0.385 e. The van der Waals surface area contributed by atoms with Crippen molar-refractivity contribution in [3.8, 4) is 0 Å². The molecule has 1 heterocycles. The molecule has 0 spiro atoms. The fraction of sp³-hybridized carbons (Fsp3) is 0.667. The van der Waals surface area contributed by atoms with Gasteiger partial charge in [0, 0.05) is 44.3 Å². The van der Waals surface area contributed by atoms with Gasteiger partial charge in [0.1, 0.15) is 6.61 Å². The Morgan fingerprint density at radius 2 is 1.85 bits per heavy atom. The summed E-state index contributed by atoms with van der Waals surface area (Å²) in [5.41, 5.74) is 2.80. The number of nitrogens with zero attached hydrogens (tertiary/aromatic N) is 1. The number of methoxy groups -OCH3 is 1. The minimum absolute atomic E-state index is 0.0191. The summed E-state index contributed by atoms with van der Waals surface area (Å²) >= 11 is 0.